The van der Waals surface area contributed by atoms with Gasteiger partial charge in [0.1, 0.15) is 0 Å². The normalized spacial score (nSPS) is 31.8. The molecule has 0 N–H and O–H groups in total. The molecule has 0 aromatic heterocycles. The van der Waals surface area contributed by atoms with Gasteiger partial charge in [-0.1, -0.05) is 61.0 Å². The predicted molar refractivity (Wildman–Crippen MR) is 101 cm³/mol. The maximum atomic E-state index is 12.6. The summed E-state index contributed by atoms with van der Waals surface area (Å²) in [5.41, 5.74) is 0.638. The van der Waals surface area contributed by atoms with Crippen molar-refractivity contribution >= 4 is 5.78 Å². The molecule has 2 nitrogen and oxygen atoms in total. The second kappa shape index (κ2) is 7.32. The van der Waals surface area contributed by atoms with Gasteiger partial charge in [-0.05, 0) is 54.4 Å². The summed E-state index contributed by atoms with van der Waals surface area (Å²) in [6.07, 6.45) is 10.3. The largest absolute Gasteiger partial charge is 0.370 e. The molecule has 1 aliphatic carbocycles. The van der Waals surface area contributed by atoms with E-state index in [0.29, 0.717) is 35.2 Å². The number of hydrogen-bond donors (Lipinski definition) is 0. The van der Waals surface area contributed by atoms with Crippen molar-refractivity contribution in [3.63, 3.8) is 0 Å². The highest BCUT2D eigenvalue weighted by Gasteiger charge is 2.48. The summed E-state index contributed by atoms with van der Waals surface area (Å²) in [6.45, 7) is 16.2. The van der Waals surface area contributed by atoms with Gasteiger partial charge in [-0.2, -0.15) is 0 Å². The highest BCUT2D eigenvalue weighted by atomic mass is 16.6. The molecule has 1 aliphatic heterocycles. The molecule has 0 aromatic rings. The summed E-state index contributed by atoms with van der Waals surface area (Å²) in [5.74, 6) is 1.56. The fourth-order valence-corrected chi connectivity index (χ4v) is 4.03. The van der Waals surface area contributed by atoms with Gasteiger partial charge in [-0.3, -0.25) is 4.79 Å². The van der Waals surface area contributed by atoms with Crippen LogP contribution in [-0.4, -0.2) is 18.0 Å². The molecule has 2 fully saturated rings. The molecule has 2 heteroatoms. The van der Waals surface area contributed by atoms with E-state index in [4.69, 9.17) is 4.74 Å². The lowest BCUT2D eigenvalue weighted by atomic mass is 9.69. The number of carbonyl (C=O) groups excluding carboxylic acids is 1. The summed E-state index contributed by atoms with van der Waals surface area (Å²) in [7, 11) is 0. The SMILES string of the molecule is CCC(C)(C)CC(C/C=C\C(=O)C1CC2OC2CC1C)C(C)(C)C. The third kappa shape index (κ3) is 5.18. The highest BCUT2D eigenvalue weighted by molar-refractivity contribution is 5.92. The Morgan fingerprint density at radius 2 is 1.79 bits per heavy atom. The first-order valence-electron chi connectivity index (χ1n) is 9.89. The molecule has 1 saturated carbocycles. The Bertz CT molecular complexity index is 469. The third-order valence-electron chi connectivity index (χ3n) is 6.51. The zero-order valence-electron chi connectivity index (χ0n) is 16.9. The number of ether oxygens (including phenoxy) is 1. The van der Waals surface area contributed by atoms with Gasteiger partial charge in [0.15, 0.2) is 5.78 Å². The molecule has 138 valence electrons. The molecule has 1 saturated heterocycles. The van der Waals surface area contributed by atoms with Crippen LogP contribution < -0.4 is 0 Å². The zero-order chi connectivity index (χ0) is 18.1. The first-order valence-corrected chi connectivity index (χ1v) is 9.89. The third-order valence-corrected chi connectivity index (χ3v) is 6.51. The standard InChI is InChI=1S/C22H38O2/c1-8-22(6,7)14-16(21(3,4)5)10-9-11-18(23)17-13-20-19(24-20)12-15(17)2/h9,11,15-17,19-20H,8,10,12-14H2,1-7H3/b11-9-. The van der Waals surface area contributed by atoms with Crippen molar-refractivity contribution in [1.82, 2.24) is 0 Å². The van der Waals surface area contributed by atoms with Crippen molar-refractivity contribution in [2.45, 2.75) is 92.8 Å². The second-order valence-corrected chi connectivity index (χ2v) is 10.1. The van der Waals surface area contributed by atoms with E-state index in [1.807, 2.05) is 6.08 Å². The molecule has 2 aliphatic rings. The Morgan fingerprint density at radius 3 is 2.38 bits per heavy atom. The van der Waals surface area contributed by atoms with Gasteiger partial charge in [0.05, 0.1) is 12.2 Å². The van der Waals surface area contributed by atoms with E-state index in [1.54, 1.807) is 0 Å². The molecule has 5 unspecified atom stereocenters. The molecule has 1 heterocycles. The Hall–Kier alpha value is -0.630. The lowest BCUT2D eigenvalue weighted by Crippen LogP contribution is -2.28. The molecular weight excluding hydrogens is 296 g/mol. The van der Waals surface area contributed by atoms with E-state index in [2.05, 4.69) is 54.5 Å². The molecule has 0 spiro atoms. The fraction of sp³-hybridized carbons (Fsp3) is 0.864. The fourth-order valence-electron chi connectivity index (χ4n) is 4.03. The lowest BCUT2D eigenvalue weighted by molar-refractivity contribution is -0.120. The summed E-state index contributed by atoms with van der Waals surface area (Å²) in [4.78, 5) is 12.6. The Morgan fingerprint density at radius 1 is 1.17 bits per heavy atom. The van der Waals surface area contributed by atoms with Crippen molar-refractivity contribution in [1.29, 1.82) is 0 Å². The van der Waals surface area contributed by atoms with Crippen LogP contribution in [0.1, 0.15) is 80.6 Å². The number of allylic oxidation sites excluding steroid dienone is 2. The smallest absolute Gasteiger partial charge is 0.158 e. The van der Waals surface area contributed by atoms with Crippen molar-refractivity contribution in [3.8, 4) is 0 Å². The second-order valence-electron chi connectivity index (χ2n) is 10.1. The molecule has 24 heavy (non-hydrogen) atoms. The molecule has 0 radical (unpaired) electrons. The summed E-state index contributed by atoms with van der Waals surface area (Å²) < 4.78 is 5.61. The molecule has 0 bridgehead atoms. The van der Waals surface area contributed by atoms with Crippen molar-refractivity contribution in [2.24, 2.45) is 28.6 Å². The van der Waals surface area contributed by atoms with E-state index < -0.39 is 0 Å². The van der Waals surface area contributed by atoms with Crippen LogP contribution in [0, 0.1) is 28.6 Å². The van der Waals surface area contributed by atoms with Crippen LogP contribution in [-0.2, 0) is 9.53 Å². The van der Waals surface area contributed by atoms with Gasteiger partial charge in [-0.25, -0.2) is 0 Å². The average molecular weight is 335 g/mol. The minimum atomic E-state index is 0.171. The van der Waals surface area contributed by atoms with Crippen LogP contribution in [0.5, 0.6) is 0 Å². The van der Waals surface area contributed by atoms with E-state index in [1.165, 1.54) is 12.8 Å². The minimum absolute atomic E-state index is 0.171. The number of rotatable bonds is 7. The number of hydrogen-bond acceptors (Lipinski definition) is 2. The lowest BCUT2D eigenvalue weighted by Gasteiger charge is -2.36. The monoisotopic (exact) mass is 334 g/mol. The van der Waals surface area contributed by atoms with E-state index in [0.717, 1.165) is 19.3 Å². The van der Waals surface area contributed by atoms with E-state index in [-0.39, 0.29) is 11.3 Å². The number of ketones is 1. The summed E-state index contributed by atoms with van der Waals surface area (Å²) in [6, 6.07) is 0. The predicted octanol–water partition coefficient (Wildman–Crippen LogP) is 5.80. The zero-order valence-corrected chi connectivity index (χ0v) is 16.9. The van der Waals surface area contributed by atoms with Crippen molar-refractivity contribution in [2.75, 3.05) is 0 Å². The van der Waals surface area contributed by atoms with Crippen LogP contribution in [0.2, 0.25) is 0 Å². The van der Waals surface area contributed by atoms with Gasteiger partial charge in [0, 0.05) is 5.92 Å². The number of fused-ring (bicyclic) bond motifs is 1. The topological polar surface area (TPSA) is 29.6 Å². The van der Waals surface area contributed by atoms with Crippen LogP contribution in [0.15, 0.2) is 12.2 Å². The maximum absolute atomic E-state index is 12.6. The first-order chi connectivity index (χ1) is 11.0. The van der Waals surface area contributed by atoms with Crippen molar-refractivity contribution in [3.05, 3.63) is 12.2 Å². The Balaban J connectivity index is 1.92. The summed E-state index contributed by atoms with van der Waals surface area (Å²) in [5, 5.41) is 0. The number of carbonyl (C=O) groups is 1. The van der Waals surface area contributed by atoms with Crippen LogP contribution in [0.3, 0.4) is 0 Å². The van der Waals surface area contributed by atoms with Crippen molar-refractivity contribution < 1.29 is 9.53 Å². The molecule has 2 rings (SSSR count). The van der Waals surface area contributed by atoms with E-state index >= 15 is 0 Å². The van der Waals surface area contributed by atoms with Crippen LogP contribution in [0.4, 0.5) is 0 Å². The average Bonchev–Trinajstić information content (AvgIpc) is 3.22. The van der Waals surface area contributed by atoms with Gasteiger partial charge in [0.25, 0.3) is 0 Å². The molecule has 0 aromatic carbocycles. The molecule has 0 amide bonds. The van der Waals surface area contributed by atoms with Gasteiger partial charge >= 0.3 is 0 Å². The Kier molecular flexibility index (Phi) is 6.00. The number of epoxide rings is 1. The van der Waals surface area contributed by atoms with Gasteiger partial charge in [0.2, 0.25) is 0 Å². The minimum Gasteiger partial charge on any atom is -0.370 e. The highest BCUT2D eigenvalue weighted by Crippen LogP contribution is 2.43. The Labute approximate surface area is 149 Å². The van der Waals surface area contributed by atoms with E-state index in [9.17, 15) is 4.79 Å². The van der Waals surface area contributed by atoms with Crippen LogP contribution >= 0.6 is 0 Å². The quantitative estimate of drug-likeness (QED) is 0.435. The first kappa shape index (κ1) is 19.7. The maximum Gasteiger partial charge on any atom is 0.158 e. The van der Waals surface area contributed by atoms with Gasteiger partial charge < -0.3 is 4.74 Å². The van der Waals surface area contributed by atoms with Crippen LogP contribution in [0.25, 0.3) is 0 Å². The van der Waals surface area contributed by atoms with Gasteiger partial charge in [-0.15, -0.1) is 0 Å². The molecular formula is C22H38O2. The molecule has 5 atom stereocenters. The summed E-state index contributed by atoms with van der Waals surface area (Å²) >= 11 is 0.